The molecular formula is C23H31FN2O6. The Morgan fingerprint density at radius 1 is 1.25 bits per heavy atom. The number of carbonyl (C=O) groups is 2. The lowest BCUT2D eigenvalue weighted by molar-refractivity contribution is -0.125. The first-order valence-electron chi connectivity index (χ1n) is 11.0. The number of nitrogens with zero attached hydrogens (tertiary/aromatic N) is 1. The number of nitrogens with one attached hydrogen (secondary N) is 1. The number of halogens is 1. The number of hydrogen-bond acceptors (Lipinski definition) is 5. The van der Waals surface area contributed by atoms with Crippen molar-refractivity contribution in [1.29, 1.82) is 0 Å². The molecule has 2 aliphatic rings. The maximum atomic E-state index is 14.6. The van der Waals surface area contributed by atoms with Crippen molar-refractivity contribution in [1.82, 2.24) is 10.2 Å². The zero-order valence-corrected chi connectivity index (χ0v) is 18.0. The van der Waals surface area contributed by atoms with Crippen molar-refractivity contribution in [2.75, 3.05) is 32.8 Å². The van der Waals surface area contributed by atoms with Crippen LogP contribution in [0.2, 0.25) is 0 Å². The van der Waals surface area contributed by atoms with Gasteiger partial charge >= 0.3 is 6.09 Å². The summed E-state index contributed by atoms with van der Waals surface area (Å²) in [6.45, 7) is 0.923. The minimum absolute atomic E-state index is 0.0216. The van der Waals surface area contributed by atoms with E-state index < -0.39 is 24.6 Å². The molecule has 0 radical (unpaired) electrons. The summed E-state index contributed by atoms with van der Waals surface area (Å²) in [6, 6.07) is 4.88. The van der Waals surface area contributed by atoms with E-state index in [1.54, 1.807) is 6.07 Å². The lowest BCUT2D eigenvalue weighted by Gasteiger charge is -2.29. The molecule has 1 aliphatic carbocycles. The zero-order valence-electron chi connectivity index (χ0n) is 18.0. The molecule has 1 aliphatic heterocycles. The number of benzene rings is 1. The van der Waals surface area contributed by atoms with E-state index in [-0.39, 0.29) is 30.0 Å². The van der Waals surface area contributed by atoms with E-state index in [1.807, 2.05) is 12.1 Å². The van der Waals surface area contributed by atoms with Crippen LogP contribution < -0.4 is 10.1 Å². The van der Waals surface area contributed by atoms with E-state index >= 15 is 0 Å². The van der Waals surface area contributed by atoms with E-state index in [2.05, 4.69) is 5.32 Å². The van der Waals surface area contributed by atoms with Crippen LogP contribution >= 0.6 is 0 Å². The topological polar surface area (TPSA) is 119 Å². The van der Waals surface area contributed by atoms with Gasteiger partial charge in [0.1, 0.15) is 0 Å². The molecule has 3 rings (SSSR count). The largest absolute Gasteiger partial charge is 0.490 e. The molecule has 2 atom stereocenters. The van der Waals surface area contributed by atoms with E-state index in [4.69, 9.17) is 14.9 Å². The summed E-state index contributed by atoms with van der Waals surface area (Å²) >= 11 is 0. The van der Waals surface area contributed by atoms with E-state index in [9.17, 15) is 19.1 Å². The maximum absolute atomic E-state index is 14.6. The summed E-state index contributed by atoms with van der Waals surface area (Å²) in [6.07, 6.45) is 3.28. The lowest BCUT2D eigenvalue weighted by atomic mass is 9.86. The fourth-order valence-corrected chi connectivity index (χ4v) is 4.08. The molecule has 9 heteroatoms. The third kappa shape index (κ3) is 6.43. The Labute approximate surface area is 186 Å². The molecule has 1 saturated heterocycles. The second-order valence-corrected chi connectivity index (χ2v) is 8.45. The number of hydrogen-bond donors (Lipinski definition) is 4. The molecule has 8 nitrogen and oxygen atoms in total. The van der Waals surface area contributed by atoms with Crippen molar-refractivity contribution in [2.24, 2.45) is 11.8 Å². The van der Waals surface area contributed by atoms with Crippen LogP contribution in [0.1, 0.15) is 37.7 Å². The first-order chi connectivity index (χ1) is 15.4. The van der Waals surface area contributed by atoms with Crippen LogP contribution in [0.15, 0.2) is 24.3 Å². The maximum Gasteiger partial charge on any atom is 0.407 e. The molecule has 2 amide bonds. The molecule has 0 spiro atoms. The third-order valence-corrected chi connectivity index (χ3v) is 6.17. The highest BCUT2D eigenvalue weighted by molar-refractivity contribution is 5.80. The Balaban J connectivity index is 1.49. The van der Waals surface area contributed by atoms with Gasteiger partial charge < -0.3 is 30.3 Å². The number of amides is 2. The van der Waals surface area contributed by atoms with Gasteiger partial charge in [-0.15, -0.1) is 0 Å². The van der Waals surface area contributed by atoms with Crippen LogP contribution in [0.25, 0.3) is 5.57 Å². The highest BCUT2D eigenvalue weighted by Crippen LogP contribution is 2.32. The Bertz CT molecular complexity index is 838. The van der Waals surface area contributed by atoms with Crippen molar-refractivity contribution in [3.8, 4) is 5.75 Å². The number of aliphatic hydroxyl groups excluding tert-OH is 2. The van der Waals surface area contributed by atoms with Crippen molar-refractivity contribution in [3.05, 3.63) is 35.7 Å². The molecular weight excluding hydrogens is 419 g/mol. The smallest absolute Gasteiger partial charge is 0.407 e. The average molecular weight is 451 g/mol. The average Bonchev–Trinajstić information content (AvgIpc) is 2.81. The molecule has 32 heavy (non-hydrogen) atoms. The normalized spacial score (nSPS) is 20.4. The van der Waals surface area contributed by atoms with Crippen LogP contribution in [0.4, 0.5) is 9.18 Å². The molecule has 1 fully saturated rings. The minimum atomic E-state index is -0.963. The molecule has 0 bridgehead atoms. The second-order valence-electron chi connectivity index (χ2n) is 8.45. The summed E-state index contributed by atoms with van der Waals surface area (Å²) in [5, 5.41) is 29.8. The summed E-state index contributed by atoms with van der Waals surface area (Å²) in [5.74, 6) is -0.413. The highest BCUT2D eigenvalue weighted by atomic mass is 19.1. The summed E-state index contributed by atoms with van der Waals surface area (Å²) in [4.78, 5) is 24.5. The molecule has 176 valence electrons. The van der Waals surface area contributed by atoms with Crippen LogP contribution in [-0.2, 0) is 4.79 Å². The van der Waals surface area contributed by atoms with Crippen LogP contribution in [0.3, 0.4) is 0 Å². The van der Waals surface area contributed by atoms with Gasteiger partial charge in [-0.05, 0) is 61.3 Å². The second kappa shape index (κ2) is 11.3. The first-order valence-corrected chi connectivity index (χ1v) is 11.0. The number of carboxylic acid groups (broad SMARTS) is 1. The first kappa shape index (κ1) is 24.0. The Morgan fingerprint density at radius 2 is 2.00 bits per heavy atom. The predicted molar refractivity (Wildman–Crippen MR) is 116 cm³/mol. The quantitative estimate of drug-likeness (QED) is 0.482. The Kier molecular flexibility index (Phi) is 8.46. The van der Waals surface area contributed by atoms with Gasteiger partial charge in [-0.3, -0.25) is 4.79 Å². The Morgan fingerprint density at radius 3 is 2.59 bits per heavy atom. The molecule has 1 aromatic rings. The van der Waals surface area contributed by atoms with Crippen LogP contribution in [-0.4, -0.2) is 71.2 Å². The molecule has 1 aromatic carbocycles. The molecule has 0 saturated carbocycles. The number of piperidine rings is 1. The SMILES string of the molecule is O=C(NC[C@H](O)CO)C1CC=C(c2ccc(OCC3CCN(C(=O)O)CC3)c(F)c2)CC1. The van der Waals surface area contributed by atoms with Gasteiger partial charge in [0.2, 0.25) is 5.91 Å². The van der Waals surface area contributed by atoms with Crippen LogP contribution in [0.5, 0.6) is 5.75 Å². The monoisotopic (exact) mass is 450 g/mol. The molecule has 4 N–H and O–H groups in total. The van der Waals surface area contributed by atoms with Gasteiger partial charge in [0.15, 0.2) is 11.6 Å². The van der Waals surface area contributed by atoms with E-state index in [0.717, 1.165) is 11.1 Å². The Hall–Kier alpha value is -2.65. The van der Waals surface area contributed by atoms with E-state index in [1.165, 1.54) is 11.0 Å². The lowest BCUT2D eigenvalue weighted by Crippen LogP contribution is -2.38. The molecule has 0 aromatic heterocycles. The van der Waals surface area contributed by atoms with Gasteiger partial charge in [0.05, 0.1) is 19.3 Å². The number of rotatable bonds is 8. The third-order valence-electron chi connectivity index (χ3n) is 6.17. The molecule has 1 heterocycles. The van der Waals surface area contributed by atoms with Crippen molar-refractivity contribution in [3.63, 3.8) is 0 Å². The summed E-state index contributed by atoms with van der Waals surface area (Å²) < 4.78 is 20.3. The van der Waals surface area contributed by atoms with Crippen molar-refractivity contribution >= 4 is 17.6 Å². The van der Waals surface area contributed by atoms with E-state index in [0.29, 0.717) is 51.8 Å². The summed E-state index contributed by atoms with van der Waals surface area (Å²) in [7, 11) is 0. The number of aliphatic hydroxyl groups is 2. The van der Waals surface area contributed by atoms with Crippen molar-refractivity contribution < 1.29 is 34.0 Å². The van der Waals surface area contributed by atoms with Crippen LogP contribution in [0, 0.1) is 17.7 Å². The number of ether oxygens (including phenoxy) is 1. The minimum Gasteiger partial charge on any atom is -0.490 e. The number of likely N-dealkylation sites (tertiary alicyclic amines) is 1. The fraction of sp³-hybridized carbons (Fsp3) is 0.565. The standard InChI is InChI=1S/C23H31FN2O6/c24-20-11-18(16-1-3-17(4-2-16)22(29)25-12-19(28)13-27)5-6-21(20)32-14-15-7-9-26(10-8-15)23(30)31/h1,5-6,11,15,17,19,27-28H,2-4,7-10,12-14H2,(H,25,29)(H,30,31)/t17?,19-/m0/s1. The number of carbonyl (C=O) groups excluding carboxylic acids is 1. The van der Waals surface area contributed by atoms with Gasteiger partial charge in [-0.2, -0.15) is 0 Å². The highest BCUT2D eigenvalue weighted by Gasteiger charge is 2.24. The number of allylic oxidation sites excluding steroid dienone is 2. The zero-order chi connectivity index (χ0) is 23.1. The predicted octanol–water partition coefficient (Wildman–Crippen LogP) is 2.25. The van der Waals surface area contributed by atoms with Gasteiger partial charge in [0.25, 0.3) is 0 Å². The summed E-state index contributed by atoms with van der Waals surface area (Å²) in [5.41, 5.74) is 1.75. The van der Waals surface area contributed by atoms with Gasteiger partial charge in [0, 0.05) is 25.6 Å². The fourth-order valence-electron chi connectivity index (χ4n) is 4.08. The van der Waals surface area contributed by atoms with Gasteiger partial charge in [-0.1, -0.05) is 12.1 Å². The molecule has 1 unspecified atom stereocenters. The van der Waals surface area contributed by atoms with Crippen molar-refractivity contribution in [2.45, 2.75) is 38.2 Å². The van der Waals surface area contributed by atoms with Gasteiger partial charge in [-0.25, -0.2) is 9.18 Å².